The minimum absolute atomic E-state index is 0.332. The summed E-state index contributed by atoms with van der Waals surface area (Å²) in [6.07, 6.45) is 12.9. The summed E-state index contributed by atoms with van der Waals surface area (Å²) in [6.45, 7) is 5.18. The molecular weight excluding hydrogens is 286 g/mol. The third kappa shape index (κ3) is 3.09. The van der Waals surface area contributed by atoms with E-state index < -0.39 is 0 Å². The van der Waals surface area contributed by atoms with E-state index in [2.05, 4.69) is 25.1 Å². The summed E-state index contributed by atoms with van der Waals surface area (Å²) in [4.78, 5) is 0. The molecule has 0 aromatic rings. The lowest BCUT2D eigenvalue weighted by atomic mass is 9.50. The van der Waals surface area contributed by atoms with Gasteiger partial charge in [0.05, 0.1) is 5.71 Å². The smallest absolute Gasteiger partial charge is 0.0795 e. The molecule has 0 aliphatic heterocycles. The molecule has 3 aliphatic carbocycles. The lowest BCUT2D eigenvalue weighted by Gasteiger charge is -2.55. The van der Waals surface area contributed by atoms with Gasteiger partial charge >= 0.3 is 0 Å². The van der Waals surface area contributed by atoms with Crippen LogP contribution >= 0.6 is 0 Å². The fourth-order valence-corrected chi connectivity index (χ4v) is 5.98. The first kappa shape index (κ1) is 17.0. The van der Waals surface area contributed by atoms with Crippen molar-refractivity contribution in [1.82, 2.24) is 0 Å². The van der Waals surface area contributed by atoms with E-state index in [1.165, 1.54) is 44.9 Å². The molecule has 0 aromatic heterocycles. The third-order valence-electron chi connectivity index (χ3n) is 7.44. The fourth-order valence-electron chi connectivity index (χ4n) is 5.98. The zero-order chi connectivity index (χ0) is 16.4. The Morgan fingerprint density at radius 1 is 1.22 bits per heavy atom. The molecule has 0 unspecified atom stereocenters. The number of fused-ring (bicyclic) bond motifs is 3. The van der Waals surface area contributed by atoms with E-state index in [1.807, 2.05) is 0 Å². The van der Waals surface area contributed by atoms with Crippen molar-refractivity contribution in [2.45, 2.75) is 71.6 Å². The maximum atomic E-state index is 9.33. The minimum atomic E-state index is 0.332. The van der Waals surface area contributed by atoms with Crippen molar-refractivity contribution in [3.63, 3.8) is 0 Å². The first-order valence-corrected chi connectivity index (χ1v) is 9.65. The van der Waals surface area contributed by atoms with E-state index in [0.29, 0.717) is 12.0 Å². The number of hydrogen-bond donors (Lipinski definition) is 2. The van der Waals surface area contributed by atoms with Gasteiger partial charge in [-0.1, -0.05) is 31.0 Å². The molecule has 5 atom stereocenters. The van der Waals surface area contributed by atoms with Crippen molar-refractivity contribution in [3.8, 4) is 0 Å². The second-order valence-corrected chi connectivity index (χ2v) is 8.34. The number of hydrogen-bond acceptors (Lipinski definition) is 3. The average molecular weight is 319 g/mol. The second kappa shape index (κ2) is 6.96. The van der Waals surface area contributed by atoms with E-state index in [0.717, 1.165) is 42.2 Å². The van der Waals surface area contributed by atoms with Crippen molar-refractivity contribution >= 4 is 5.71 Å². The highest BCUT2D eigenvalue weighted by molar-refractivity contribution is 5.96. The van der Waals surface area contributed by atoms with Crippen LogP contribution in [-0.2, 0) is 0 Å². The van der Waals surface area contributed by atoms with E-state index in [9.17, 15) is 5.11 Å². The predicted molar refractivity (Wildman–Crippen MR) is 93.7 cm³/mol. The third-order valence-corrected chi connectivity index (χ3v) is 7.44. The molecule has 2 fully saturated rings. The van der Waals surface area contributed by atoms with Gasteiger partial charge in [0.2, 0.25) is 0 Å². The number of allylic oxidation sites excluding steroid dienone is 2. The minimum Gasteiger partial charge on any atom is -0.411 e. The molecule has 3 aliphatic rings. The Morgan fingerprint density at radius 2 is 2.04 bits per heavy atom. The molecule has 0 spiro atoms. The van der Waals surface area contributed by atoms with Crippen molar-refractivity contribution in [2.75, 3.05) is 6.61 Å². The lowest BCUT2D eigenvalue weighted by Crippen LogP contribution is -2.46. The van der Waals surface area contributed by atoms with Gasteiger partial charge in [-0.3, -0.25) is 0 Å². The molecule has 23 heavy (non-hydrogen) atoms. The Morgan fingerprint density at radius 3 is 2.74 bits per heavy atom. The number of aliphatic hydroxyl groups is 1. The van der Waals surface area contributed by atoms with Gasteiger partial charge < -0.3 is 10.3 Å². The van der Waals surface area contributed by atoms with Crippen LogP contribution in [0.3, 0.4) is 0 Å². The predicted octanol–water partition coefficient (Wildman–Crippen LogP) is 4.78. The topological polar surface area (TPSA) is 52.8 Å². The molecule has 3 rings (SSSR count). The highest BCUT2D eigenvalue weighted by atomic mass is 16.4. The molecule has 130 valence electrons. The summed E-state index contributed by atoms with van der Waals surface area (Å²) in [5.74, 6) is 3.14. The number of aliphatic hydroxyl groups excluding tert-OH is 1. The Labute approximate surface area is 140 Å². The van der Waals surface area contributed by atoms with Gasteiger partial charge in [-0.05, 0) is 86.5 Å². The molecule has 0 saturated heterocycles. The van der Waals surface area contributed by atoms with Crippen LogP contribution < -0.4 is 0 Å². The van der Waals surface area contributed by atoms with Gasteiger partial charge in [-0.2, -0.15) is 0 Å². The zero-order valence-corrected chi connectivity index (χ0v) is 14.8. The average Bonchev–Trinajstić information content (AvgIpc) is 2.59. The standard InChI is InChI=1S/C20H33NO2/c1-3-20(2)11-10-17-16-9-7-15(21-23)13-14(16)6-8-18(17)19(20)5-4-12-22/h13,16-19,22-23H,3-12H2,1-2H3/b21-15+/t16-,17+,18+,19-,20+/m0/s1. The Kier molecular flexibility index (Phi) is 5.15. The monoisotopic (exact) mass is 319 g/mol. The highest BCUT2D eigenvalue weighted by Gasteiger charge is 2.49. The van der Waals surface area contributed by atoms with Crippen LogP contribution in [0.4, 0.5) is 0 Å². The van der Waals surface area contributed by atoms with Crippen LogP contribution in [0.1, 0.15) is 71.6 Å². The van der Waals surface area contributed by atoms with Gasteiger partial charge in [0.15, 0.2) is 0 Å². The highest BCUT2D eigenvalue weighted by Crippen LogP contribution is 2.58. The quantitative estimate of drug-likeness (QED) is 0.579. The first-order valence-electron chi connectivity index (χ1n) is 9.65. The van der Waals surface area contributed by atoms with Crippen LogP contribution in [0.15, 0.2) is 16.8 Å². The fraction of sp³-hybridized carbons (Fsp3) is 0.850. The van der Waals surface area contributed by atoms with Gasteiger partial charge in [0.1, 0.15) is 0 Å². The second-order valence-electron chi connectivity index (χ2n) is 8.34. The largest absolute Gasteiger partial charge is 0.411 e. The van der Waals surface area contributed by atoms with E-state index in [-0.39, 0.29) is 0 Å². The van der Waals surface area contributed by atoms with Crippen LogP contribution in [0.5, 0.6) is 0 Å². The number of nitrogens with zero attached hydrogens (tertiary/aromatic N) is 1. The SMILES string of the molecule is CC[C@]1(C)CC[C@H]2[C@@H](CCC3=C/C(=N/O)CC[C@@H]32)[C@@H]1CCCO. The van der Waals surface area contributed by atoms with Crippen LogP contribution in [0, 0.1) is 29.1 Å². The number of rotatable bonds is 4. The summed E-state index contributed by atoms with van der Waals surface area (Å²) in [6, 6.07) is 0. The molecule has 0 bridgehead atoms. The number of oxime groups is 1. The molecule has 0 amide bonds. The molecule has 2 N–H and O–H groups in total. The van der Waals surface area contributed by atoms with Crippen molar-refractivity contribution < 1.29 is 10.3 Å². The summed E-state index contributed by atoms with van der Waals surface area (Å²) in [7, 11) is 0. The zero-order valence-electron chi connectivity index (χ0n) is 14.8. The van der Waals surface area contributed by atoms with Crippen LogP contribution in [-0.4, -0.2) is 22.6 Å². The molecule has 0 heterocycles. The van der Waals surface area contributed by atoms with Gasteiger partial charge in [-0.25, -0.2) is 0 Å². The van der Waals surface area contributed by atoms with Gasteiger partial charge in [-0.15, -0.1) is 0 Å². The molecule has 0 radical (unpaired) electrons. The maximum absolute atomic E-state index is 9.33. The Balaban J connectivity index is 1.83. The first-order chi connectivity index (χ1) is 11.1. The summed E-state index contributed by atoms with van der Waals surface area (Å²) in [5, 5.41) is 21.9. The van der Waals surface area contributed by atoms with Crippen molar-refractivity contribution in [1.29, 1.82) is 0 Å². The van der Waals surface area contributed by atoms with Gasteiger partial charge in [0, 0.05) is 6.61 Å². The Hall–Kier alpha value is -0.830. The molecular formula is C20H33NO2. The molecule has 3 nitrogen and oxygen atoms in total. The summed E-state index contributed by atoms with van der Waals surface area (Å²) in [5.41, 5.74) is 2.89. The van der Waals surface area contributed by atoms with E-state index >= 15 is 0 Å². The molecule has 0 aromatic carbocycles. The summed E-state index contributed by atoms with van der Waals surface area (Å²) >= 11 is 0. The maximum Gasteiger partial charge on any atom is 0.0795 e. The van der Waals surface area contributed by atoms with Crippen molar-refractivity contribution in [3.05, 3.63) is 11.6 Å². The Bertz CT molecular complexity index is 484. The summed E-state index contributed by atoms with van der Waals surface area (Å²) < 4.78 is 0. The lowest BCUT2D eigenvalue weighted by molar-refractivity contribution is -0.0294. The van der Waals surface area contributed by atoms with Crippen molar-refractivity contribution in [2.24, 2.45) is 34.2 Å². The van der Waals surface area contributed by atoms with Crippen LogP contribution in [0.25, 0.3) is 0 Å². The van der Waals surface area contributed by atoms with Gasteiger partial charge in [0.25, 0.3) is 0 Å². The van der Waals surface area contributed by atoms with Crippen LogP contribution in [0.2, 0.25) is 0 Å². The van der Waals surface area contributed by atoms with E-state index in [4.69, 9.17) is 5.21 Å². The van der Waals surface area contributed by atoms with E-state index in [1.54, 1.807) is 5.57 Å². The normalized spacial score (nSPS) is 42.0. The molecule has 3 heteroatoms. The molecule has 2 saturated carbocycles.